The van der Waals surface area contributed by atoms with E-state index in [0.717, 1.165) is 39.4 Å². The molecule has 0 saturated heterocycles. The number of fused-ring (bicyclic) bond motifs is 1. The van der Waals surface area contributed by atoms with Crippen molar-refractivity contribution in [3.05, 3.63) is 71.6 Å². The molecule has 0 unspecified atom stereocenters. The monoisotopic (exact) mass is 375 g/mol. The Hall–Kier alpha value is -3.12. The first-order valence-corrected chi connectivity index (χ1v) is 9.10. The second-order valence-corrected chi connectivity index (χ2v) is 7.10. The molecule has 4 rings (SSSR count). The molecule has 4 aromatic rings. The van der Waals surface area contributed by atoms with Gasteiger partial charge in [-0.15, -0.1) is 0 Å². The molecule has 1 N–H and O–H groups in total. The molecule has 136 valence electrons. The predicted molar refractivity (Wildman–Crippen MR) is 113 cm³/mol. The molecule has 0 aliphatic rings. The van der Waals surface area contributed by atoms with Crippen LogP contribution in [0.1, 0.15) is 5.56 Å². The summed E-state index contributed by atoms with van der Waals surface area (Å²) in [6.45, 7) is 6.26. The Labute approximate surface area is 163 Å². The standard InChI is InChI=1S/C21H21N5S/c1-14-8-5-6-9-16(14)20-22-23-21(27)26(20)19-11-7-10-18-17(19)12-13-25(18)15(2)24(3)4/h5-13H,2H2,1,3-4H3,(H,23,27). The minimum Gasteiger partial charge on any atom is -0.364 e. The van der Waals surface area contributed by atoms with Crippen LogP contribution in [-0.2, 0) is 0 Å². The first kappa shape index (κ1) is 17.3. The van der Waals surface area contributed by atoms with Crippen molar-refractivity contribution in [1.29, 1.82) is 0 Å². The zero-order chi connectivity index (χ0) is 19.1. The molecule has 0 radical (unpaired) electrons. The molecule has 5 nitrogen and oxygen atoms in total. The van der Waals surface area contributed by atoms with Crippen molar-refractivity contribution in [2.45, 2.75) is 6.92 Å². The number of nitrogens with one attached hydrogen (secondary N) is 1. The Kier molecular flexibility index (Phi) is 4.20. The third-order valence-electron chi connectivity index (χ3n) is 4.80. The number of hydrogen-bond acceptors (Lipinski definition) is 3. The van der Waals surface area contributed by atoms with Crippen LogP contribution in [0.15, 0.2) is 61.3 Å². The van der Waals surface area contributed by atoms with Gasteiger partial charge < -0.3 is 9.47 Å². The third-order valence-corrected chi connectivity index (χ3v) is 5.08. The van der Waals surface area contributed by atoms with Gasteiger partial charge in [0, 0.05) is 31.2 Å². The molecular formula is C21H21N5S. The van der Waals surface area contributed by atoms with Gasteiger partial charge in [0.2, 0.25) is 0 Å². The number of rotatable bonds is 4. The Bertz CT molecular complexity index is 1210. The smallest absolute Gasteiger partial charge is 0.200 e. The van der Waals surface area contributed by atoms with Gasteiger partial charge in [0.05, 0.1) is 11.2 Å². The maximum atomic E-state index is 5.57. The van der Waals surface area contributed by atoms with Crippen LogP contribution in [-0.4, -0.2) is 38.3 Å². The van der Waals surface area contributed by atoms with Crippen LogP contribution in [0.2, 0.25) is 0 Å². The van der Waals surface area contributed by atoms with Crippen LogP contribution < -0.4 is 0 Å². The summed E-state index contributed by atoms with van der Waals surface area (Å²) in [4.78, 5) is 1.99. The van der Waals surface area contributed by atoms with Crippen LogP contribution in [0.4, 0.5) is 0 Å². The van der Waals surface area contributed by atoms with Crippen molar-refractivity contribution in [3.63, 3.8) is 0 Å². The van der Waals surface area contributed by atoms with E-state index in [9.17, 15) is 0 Å². The summed E-state index contributed by atoms with van der Waals surface area (Å²) in [6, 6.07) is 16.5. The van der Waals surface area contributed by atoms with Crippen molar-refractivity contribution in [2.75, 3.05) is 14.1 Å². The summed E-state index contributed by atoms with van der Waals surface area (Å²) >= 11 is 5.57. The van der Waals surface area contributed by atoms with Crippen molar-refractivity contribution < 1.29 is 0 Å². The number of aryl methyl sites for hydroxylation is 1. The van der Waals surface area contributed by atoms with E-state index in [-0.39, 0.29) is 0 Å². The predicted octanol–water partition coefficient (Wildman–Crippen LogP) is 4.85. The molecule has 27 heavy (non-hydrogen) atoms. The van der Waals surface area contributed by atoms with Gasteiger partial charge in [0.25, 0.3) is 0 Å². The molecule has 6 heteroatoms. The van der Waals surface area contributed by atoms with Crippen LogP contribution in [0.3, 0.4) is 0 Å². The van der Waals surface area contributed by atoms with E-state index in [2.05, 4.69) is 58.6 Å². The summed E-state index contributed by atoms with van der Waals surface area (Å²) in [5.41, 5.74) is 4.28. The zero-order valence-electron chi connectivity index (χ0n) is 15.6. The molecular weight excluding hydrogens is 354 g/mol. The fourth-order valence-electron chi connectivity index (χ4n) is 3.31. The second kappa shape index (κ2) is 6.55. The minimum absolute atomic E-state index is 0.569. The Morgan fingerprint density at radius 1 is 1.11 bits per heavy atom. The number of hydrogen-bond donors (Lipinski definition) is 1. The van der Waals surface area contributed by atoms with Crippen molar-refractivity contribution >= 4 is 28.9 Å². The summed E-state index contributed by atoms with van der Waals surface area (Å²) in [6.07, 6.45) is 2.04. The van der Waals surface area contributed by atoms with Gasteiger partial charge in [0.15, 0.2) is 10.6 Å². The second-order valence-electron chi connectivity index (χ2n) is 6.71. The quantitative estimate of drug-likeness (QED) is 0.519. The first-order valence-electron chi connectivity index (χ1n) is 8.69. The summed E-state index contributed by atoms with van der Waals surface area (Å²) in [5.74, 6) is 1.71. The first-order chi connectivity index (χ1) is 13.0. The van der Waals surface area contributed by atoms with Gasteiger partial charge in [-0.05, 0) is 42.9 Å². The van der Waals surface area contributed by atoms with Crippen LogP contribution in [0, 0.1) is 11.7 Å². The molecule has 0 saturated carbocycles. The molecule has 0 spiro atoms. The lowest BCUT2D eigenvalue weighted by Gasteiger charge is -2.18. The van der Waals surface area contributed by atoms with Gasteiger partial charge in [-0.2, -0.15) is 5.10 Å². The Morgan fingerprint density at radius 3 is 2.63 bits per heavy atom. The van der Waals surface area contributed by atoms with Gasteiger partial charge in [-0.25, -0.2) is 0 Å². The SMILES string of the molecule is C=C(N(C)C)n1ccc2c(-n3c(-c4ccccc4C)n[nH]c3=S)cccc21. The van der Waals surface area contributed by atoms with E-state index < -0.39 is 0 Å². The van der Waals surface area contributed by atoms with Gasteiger partial charge >= 0.3 is 0 Å². The van der Waals surface area contributed by atoms with Gasteiger partial charge in [-0.3, -0.25) is 9.67 Å². The van der Waals surface area contributed by atoms with Crippen LogP contribution in [0.25, 0.3) is 33.8 Å². The summed E-state index contributed by atoms with van der Waals surface area (Å²) < 4.78 is 4.65. The number of benzene rings is 2. The normalized spacial score (nSPS) is 11.1. The Balaban J connectivity index is 1.98. The largest absolute Gasteiger partial charge is 0.364 e. The van der Waals surface area contributed by atoms with Crippen LogP contribution in [0.5, 0.6) is 0 Å². The molecule has 0 bridgehead atoms. The highest BCUT2D eigenvalue weighted by atomic mass is 32.1. The maximum Gasteiger partial charge on any atom is 0.200 e. The van der Waals surface area contributed by atoms with E-state index in [1.165, 1.54) is 0 Å². The average molecular weight is 376 g/mol. The van der Waals surface area contributed by atoms with E-state index in [0.29, 0.717) is 4.77 Å². The minimum atomic E-state index is 0.569. The number of H-pyrrole nitrogens is 1. The highest BCUT2D eigenvalue weighted by Gasteiger charge is 2.16. The molecule has 0 fully saturated rings. The van der Waals surface area contributed by atoms with Crippen molar-refractivity contribution in [1.82, 2.24) is 24.2 Å². The van der Waals surface area contributed by atoms with E-state index in [1.54, 1.807) is 0 Å². The van der Waals surface area contributed by atoms with Gasteiger partial charge in [-0.1, -0.05) is 36.9 Å². The summed E-state index contributed by atoms with van der Waals surface area (Å²) in [7, 11) is 3.97. The lowest BCUT2D eigenvalue weighted by atomic mass is 10.1. The average Bonchev–Trinajstić information content (AvgIpc) is 3.25. The fraction of sp³-hybridized carbons (Fsp3) is 0.143. The highest BCUT2D eigenvalue weighted by Crippen LogP contribution is 2.30. The summed E-state index contributed by atoms with van der Waals surface area (Å²) in [5, 5.41) is 8.56. The molecule has 0 aliphatic heterocycles. The number of nitrogens with zero attached hydrogens (tertiary/aromatic N) is 4. The molecule has 0 amide bonds. The Morgan fingerprint density at radius 2 is 1.89 bits per heavy atom. The van der Waals surface area contributed by atoms with Crippen molar-refractivity contribution in [2.24, 2.45) is 0 Å². The van der Waals surface area contributed by atoms with Crippen LogP contribution >= 0.6 is 12.2 Å². The molecule has 0 aliphatic carbocycles. The van der Waals surface area contributed by atoms with E-state index in [4.69, 9.17) is 12.2 Å². The number of aromatic nitrogens is 4. The molecule has 2 aromatic heterocycles. The fourth-order valence-corrected chi connectivity index (χ4v) is 3.54. The lowest BCUT2D eigenvalue weighted by Crippen LogP contribution is -2.13. The highest BCUT2D eigenvalue weighted by molar-refractivity contribution is 7.71. The number of aromatic amines is 1. The molecule has 0 atom stereocenters. The van der Waals surface area contributed by atoms with Gasteiger partial charge in [0.1, 0.15) is 5.82 Å². The molecule has 2 heterocycles. The zero-order valence-corrected chi connectivity index (χ0v) is 16.4. The van der Waals surface area contributed by atoms with Crippen molar-refractivity contribution in [3.8, 4) is 17.1 Å². The third kappa shape index (κ3) is 2.78. The van der Waals surface area contributed by atoms with E-state index >= 15 is 0 Å². The van der Waals surface area contributed by atoms with E-state index in [1.807, 2.05) is 48.0 Å². The molecule has 2 aromatic carbocycles. The topological polar surface area (TPSA) is 41.8 Å². The maximum absolute atomic E-state index is 5.57. The lowest BCUT2D eigenvalue weighted by molar-refractivity contribution is 0.561.